The Morgan fingerprint density at radius 3 is 3.00 bits per heavy atom. The maximum Gasteiger partial charge on any atom is 0.263 e. The maximum atomic E-state index is 12.2. The second-order valence-corrected chi connectivity index (χ2v) is 5.92. The summed E-state index contributed by atoms with van der Waals surface area (Å²) in [6.45, 7) is 3.60. The third-order valence-corrected chi connectivity index (χ3v) is 4.56. The summed E-state index contributed by atoms with van der Waals surface area (Å²) < 4.78 is 0. The van der Waals surface area contributed by atoms with E-state index in [9.17, 15) is 4.79 Å². The van der Waals surface area contributed by atoms with Crippen molar-refractivity contribution >= 4 is 33.2 Å². The lowest BCUT2D eigenvalue weighted by molar-refractivity contribution is 0.0779. The van der Waals surface area contributed by atoms with Crippen LogP contribution in [0, 0.1) is 0 Å². The van der Waals surface area contributed by atoms with E-state index in [1.165, 1.54) is 16.9 Å². The van der Waals surface area contributed by atoms with Crippen LogP contribution in [0.4, 0.5) is 0 Å². The molecule has 1 aliphatic carbocycles. The van der Waals surface area contributed by atoms with Crippen molar-refractivity contribution in [2.75, 3.05) is 18.4 Å². The molecule has 1 aliphatic rings. The van der Waals surface area contributed by atoms with Crippen molar-refractivity contribution in [2.24, 2.45) is 0 Å². The van der Waals surface area contributed by atoms with E-state index in [1.807, 2.05) is 11.8 Å². The van der Waals surface area contributed by atoms with Crippen LogP contribution in [-0.2, 0) is 12.8 Å². The van der Waals surface area contributed by atoms with Gasteiger partial charge in [0.15, 0.2) is 0 Å². The molecule has 2 nitrogen and oxygen atoms in total. The molecule has 88 valence electrons. The fraction of sp³-hybridized carbons (Fsp3) is 0.583. The molecule has 0 bridgehead atoms. The number of rotatable bonds is 4. The first-order chi connectivity index (χ1) is 7.76. The highest BCUT2D eigenvalue weighted by Crippen LogP contribution is 2.31. The zero-order chi connectivity index (χ0) is 11.5. The van der Waals surface area contributed by atoms with Crippen molar-refractivity contribution in [2.45, 2.75) is 26.2 Å². The quantitative estimate of drug-likeness (QED) is 0.783. The first-order valence-electron chi connectivity index (χ1n) is 5.73. The molecule has 1 heterocycles. The summed E-state index contributed by atoms with van der Waals surface area (Å²) in [7, 11) is 0. The Morgan fingerprint density at radius 1 is 1.56 bits per heavy atom. The Morgan fingerprint density at radius 2 is 2.38 bits per heavy atom. The van der Waals surface area contributed by atoms with Crippen molar-refractivity contribution < 1.29 is 4.79 Å². The predicted octanol–water partition coefficient (Wildman–Crippen LogP) is 3.09. The van der Waals surface area contributed by atoms with Gasteiger partial charge in [0.2, 0.25) is 0 Å². The summed E-state index contributed by atoms with van der Waals surface area (Å²) in [6, 6.07) is 2.10. The van der Waals surface area contributed by atoms with Crippen molar-refractivity contribution in [1.29, 1.82) is 0 Å². The number of aryl methyl sites for hydroxylation is 2. The molecule has 1 aromatic heterocycles. The van der Waals surface area contributed by atoms with E-state index in [4.69, 9.17) is 0 Å². The fourth-order valence-electron chi connectivity index (χ4n) is 2.10. The number of alkyl halides is 1. The van der Waals surface area contributed by atoms with E-state index in [0.717, 1.165) is 36.1 Å². The highest BCUT2D eigenvalue weighted by atomic mass is 79.9. The molecule has 0 radical (unpaired) electrons. The molecule has 16 heavy (non-hydrogen) atoms. The zero-order valence-corrected chi connectivity index (χ0v) is 11.9. The topological polar surface area (TPSA) is 20.3 Å². The average molecular weight is 302 g/mol. The van der Waals surface area contributed by atoms with E-state index in [0.29, 0.717) is 0 Å². The predicted molar refractivity (Wildman–Crippen MR) is 71.7 cm³/mol. The number of amides is 1. The molecular weight excluding hydrogens is 286 g/mol. The molecule has 0 spiro atoms. The lowest BCUT2D eigenvalue weighted by Gasteiger charge is -2.18. The van der Waals surface area contributed by atoms with Gasteiger partial charge in [0.1, 0.15) is 0 Å². The van der Waals surface area contributed by atoms with Gasteiger partial charge in [-0.25, -0.2) is 0 Å². The number of fused-ring (bicyclic) bond motifs is 1. The Kier molecular flexibility index (Phi) is 4.03. The van der Waals surface area contributed by atoms with E-state index < -0.39 is 0 Å². The number of hydrogen-bond donors (Lipinski definition) is 0. The molecule has 0 aliphatic heterocycles. The van der Waals surface area contributed by atoms with E-state index >= 15 is 0 Å². The number of hydrogen-bond acceptors (Lipinski definition) is 2. The van der Waals surface area contributed by atoms with Crippen molar-refractivity contribution in [3.8, 4) is 0 Å². The maximum absolute atomic E-state index is 12.2. The molecule has 0 aromatic carbocycles. The average Bonchev–Trinajstić information content (AvgIpc) is 2.84. The first-order valence-corrected chi connectivity index (χ1v) is 7.67. The van der Waals surface area contributed by atoms with E-state index in [2.05, 4.69) is 22.0 Å². The van der Waals surface area contributed by atoms with Gasteiger partial charge in [-0.3, -0.25) is 4.79 Å². The van der Waals surface area contributed by atoms with Crippen molar-refractivity contribution in [1.82, 2.24) is 4.90 Å². The highest BCUT2D eigenvalue weighted by molar-refractivity contribution is 9.09. The lowest BCUT2D eigenvalue weighted by atomic mass is 10.2. The second-order valence-electron chi connectivity index (χ2n) is 3.99. The SMILES string of the molecule is CCN(CCBr)C(=O)c1cc2c(s1)CCC2. The number of halogens is 1. The van der Waals surface area contributed by atoms with Crippen LogP contribution < -0.4 is 0 Å². The lowest BCUT2D eigenvalue weighted by Crippen LogP contribution is -2.31. The van der Waals surface area contributed by atoms with Gasteiger partial charge >= 0.3 is 0 Å². The van der Waals surface area contributed by atoms with Crippen molar-refractivity contribution in [3.63, 3.8) is 0 Å². The van der Waals surface area contributed by atoms with Crippen LogP contribution in [0.3, 0.4) is 0 Å². The van der Waals surface area contributed by atoms with Gasteiger partial charge in [-0.05, 0) is 37.8 Å². The van der Waals surface area contributed by atoms with Gasteiger partial charge < -0.3 is 4.90 Å². The monoisotopic (exact) mass is 301 g/mol. The van der Waals surface area contributed by atoms with Crippen molar-refractivity contribution in [3.05, 3.63) is 21.4 Å². The molecule has 4 heteroatoms. The summed E-state index contributed by atoms with van der Waals surface area (Å²) in [5.41, 5.74) is 1.41. The molecule has 2 rings (SSSR count). The molecule has 0 unspecified atom stereocenters. The van der Waals surface area contributed by atoms with Gasteiger partial charge in [0, 0.05) is 23.3 Å². The molecule has 0 N–H and O–H groups in total. The standard InChI is InChI=1S/C12H16BrNOS/c1-2-14(7-6-13)12(15)11-8-9-4-3-5-10(9)16-11/h8H,2-7H2,1H3. The summed E-state index contributed by atoms with van der Waals surface area (Å²) in [6.07, 6.45) is 3.58. The number of carbonyl (C=O) groups excluding carboxylic acids is 1. The smallest absolute Gasteiger partial charge is 0.263 e. The van der Waals surface area contributed by atoms with Crippen LogP contribution >= 0.6 is 27.3 Å². The molecule has 0 saturated heterocycles. The molecular formula is C12H16BrNOS. The Labute approximate surface area is 109 Å². The van der Waals surface area contributed by atoms with Crippen LogP contribution in [0.25, 0.3) is 0 Å². The van der Waals surface area contributed by atoms with Gasteiger partial charge in [-0.15, -0.1) is 11.3 Å². The summed E-state index contributed by atoms with van der Waals surface area (Å²) >= 11 is 5.08. The third kappa shape index (κ3) is 2.33. The molecule has 0 saturated carbocycles. The largest absolute Gasteiger partial charge is 0.337 e. The highest BCUT2D eigenvalue weighted by Gasteiger charge is 2.21. The summed E-state index contributed by atoms with van der Waals surface area (Å²) in [4.78, 5) is 16.4. The fourth-order valence-corrected chi connectivity index (χ4v) is 3.75. The van der Waals surface area contributed by atoms with Crippen LogP contribution in [0.1, 0.15) is 33.5 Å². The molecule has 0 atom stereocenters. The number of nitrogens with zero attached hydrogens (tertiary/aromatic N) is 1. The van der Waals surface area contributed by atoms with Gasteiger partial charge in [-0.2, -0.15) is 0 Å². The van der Waals surface area contributed by atoms with E-state index in [-0.39, 0.29) is 5.91 Å². The minimum Gasteiger partial charge on any atom is -0.337 e. The minimum atomic E-state index is 0.196. The Hall–Kier alpha value is -0.350. The molecule has 0 fully saturated rings. The van der Waals surface area contributed by atoms with Crippen LogP contribution in [0.2, 0.25) is 0 Å². The summed E-state index contributed by atoms with van der Waals surface area (Å²) in [5, 5.41) is 0.845. The molecule has 1 amide bonds. The minimum absolute atomic E-state index is 0.196. The third-order valence-electron chi connectivity index (χ3n) is 2.98. The Balaban J connectivity index is 2.13. The number of thiophene rings is 1. The first kappa shape index (κ1) is 12.1. The van der Waals surface area contributed by atoms with Gasteiger partial charge in [-0.1, -0.05) is 15.9 Å². The van der Waals surface area contributed by atoms with E-state index in [1.54, 1.807) is 11.3 Å². The number of carbonyl (C=O) groups is 1. The Bertz CT molecular complexity index is 367. The van der Waals surface area contributed by atoms with Gasteiger partial charge in [0.05, 0.1) is 4.88 Å². The van der Waals surface area contributed by atoms with Crippen LogP contribution in [-0.4, -0.2) is 29.2 Å². The van der Waals surface area contributed by atoms with Crippen LogP contribution in [0.15, 0.2) is 6.07 Å². The normalized spacial score (nSPS) is 13.9. The molecule has 1 aromatic rings. The second kappa shape index (κ2) is 5.32. The van der Waals surface area contributed by atoms with Gasteiger partial charge in [0.25, 0.3) is 5.91 Å². The van der Waals surface area contributed by atoms with Crippen LogP contribution in [0.5, 0.6) is 0 Å². The summed E-state index contributed by atoms with van der Waals surface area (Å²) in [5.74, 6) is 0.196. The zero-order valence-electron chi connectivity index (χ0n) is 9.46.